The minimum atomic E-state index is -0.863. The van der Waals surface area contributed by atoms with Crippen molar-refractivity contribution in [3.8, 4) is 11.8 Å². The van der Waals surface area contributed by atoms with Gasteiger partial charge in [0.1, 0.15) is 6.42 Å². The Morgan fingerprint density at radius 2 is 1.93 bits per heavy atom. The first-order chi connectivity index (χ1) is 7.18. The SMILES string of the molecule is Cc1ccc(CCC#CCC(=O)O)cc1. The maximum atomic E-state index is 10.2. The fraction of sp³-hybridized carbons (Fsp3) is 0.308. The highest BCUT2D eigenvalue weighted by molar-refractivity contribution is 5.69. The van der Waals surface area contributed by atoms with Crippen LogP contribution in [0.2, 0.25) is 0 Å². The molecule has 0 radical (unpaired) electrons. The number of carboxylic acid groups (broad SMARTS) is 1. The molecular formula is C13H14O2. The average Bonchev–Trinajstić information content (AvgIpc) is 2.20. The summed E-state index contributed by atoms with van der Waals surface area (Å²) in [5.41, 5.74) is 2.49. The molecule has 0 bridgehead atoms. The summed E-state index contributed by atoms with van der Waals surface area (Å²) < 4.78 is 0. The van der Waals surface area contributed by atoms with Crippen LogP contribution in [-0.2, 0) is 11.2 Å². The van der Waals surface area contributed by atoms with Crippen LogP contribution in [0.3, 0.4) is 0 Å². The Morgan fingerprint density at radius 1 is 1.27 bits per heavy atom. The molecule has 78 valence electrons. The highest BCUT2D eigenvalue weighted by atomic mass is 16.4. The third kappa shape index (κ3) is 4.87. The van der Waals surface area contributed by atoms with Gasteiger partial charge in [-0.15, -0.1) is 5.92 Å². The van der Waals surface area contributed by atoms with Crippen LogP contribution in [0.1, 0.15) is 24.0 Å². The molecule has 0 unspecified atom stereocenters. The number of carbonyl (C=O) groups is 1. The quantitative estimate of drug-likeness (QED) is 0.764. The van der Waals surface area contributed by atoms with Crippen LogP contribution in [0.4, 0.5) is 0 Å². The first kappa shape index (κ1) is 11.3. The zero-order chi connectivity index (χ0) is 11.1. The number of aryl methyl sites for hydroxylation is 2. The van der Waals surface area contributed by atoms with Crippen molar-refractivity contribution in [1.29, 1.82) is 0 Å². The van der Waals surface area contributed by atoms with Crippen LogP contribution in [-0.4, -0.2) is 11.1 Å². The number of benzene rings is 1. The van der Waals surface area contributed by atoms with Gasteiger partial charge in [0.15, 0.2) is 0 Å². The van der Waals surface area contributed by atoms with E-state index in [1.807, 2.05) is 0 Å². The third-order valence-electron chi connectivity index (χ3n) is 2.02. The Hall–Kier alpha value is -1.75. The smallest absolute Gasteiger partial charge is 0.315 e. The Labute approximate surface area is 89.9 Å². The normalized spacial score (nSPS) is 9.13. The van der Waals surface area contributed by atoms with Crippen molar-refractivity contribution in [3.63, 3.8) is 0 Å². The van der Waals surface area contributed by atoms with Crippen molar-refractivity contribution in [2.75, 3.05) is 0 Å². The molecule has 2 heteroatoms. The molecule has 1 aromatic carbocycles. The predicted octanol–water partition coefficient (Wildman–Crippen LogP) is 2.41. The summed E-state index contributed by atoms with van der Waals surface area (Å²) in [5, 5.41) is 8.36. The Bertz CT molecular complexity index is 379. The van der Waals surface area contributed by atoms with Gasteiger partial charge in [-0.2, -0.15) is 0 Å². The lowest BCUT2D eigenvalue weighted by atomic mass is 10.1. The van der Waals surface area contributed by atoms with Gasteiger partial charge in [-0.05, 0) is 18.9 Å². The number of hydrogen-bond acceptors (Lipinski definition) is 1. The zero-order valence-electron chi connectivity index (χ0n) is 8.79. The van der Waals surface area contributed by atoms with E-state index in [0.717, 1.165) is 12.8 Å². The Morgan fingerprint density at radius 3 is 2.53 bits per heavy atom. The van der Waals surface area contributed by atoms with Crippen LogP contribution in [0.25, 0.3) is 0 Å². The van der Waals surface area contributed by atoms with Gasteiger partial charge in [0.2, 0.25) is 0 Å². The van der Waals surface area contributed by atoms with E-state index in [-0.39, 0.29) is 6.42 Å². The van der Waals surface area contributed by atoms with E-state index in [9.17, 15) is 4.79 Å². The summed E-state index contributed by atoms with van der Waals surface area (Å²) in [5.74, 6) is 4.60. The van der Waals surface area contributed by atoms with E-state index in [4.69, 9.17) is 5.11 Å². The fourth-order valence-corrected chi connectivity index (χ4v) is 1.19. The van der Waals surface area contributed by atoms with Crippen LogP contribution < -0.4 is 0 Å². The van der Waals surface area contributed by atoms with Gasteiger partial charge in [0.25, 0.3) is 0 Å². The van der Waals surface area contributed by atoms with Gasteiger partial charge in [-0.25, -0.2) is 0 Å². The molecule has 0 aliphatic rings. The second-order valence-electron chi connectivity index (χ2n) is 3.41. The van der Waals surface area contributed by atoms with Gasteiger partial charge < -0.3 is 5.11 Å². The summed E-state index contributed by atoms with van der Waals surface area (Å²) in [7, 11) is 0. The van der Waals surface area contributed by atoms with Gasteiger partial charge in [-0.1, -0.05) is 35.7 Å². The molecule has 0 saturated heterocycles. The lowest BCUT2D eigenvalue weighted by molar-refractivity contribution is -0.135. The molecule has 1 N–H and O–H groups in total. The van der Waals surface area contributed by atoms with Crippen molar-refractivity contribution < 1.29 is 9.90 Å². The molecule has 0 fully saturated rings. The molecule has 0 atom stereocenters. The van der Waals surface area contributed by atoms with Crippen LogP contribution in [0.5, 0.6) is 0 Å². The molecule has 1 rings (SSSR count). The van der Waals surface area contributed by atoms with Gasteiger partial charge in [-0.3, -0.25) is 4.79 Å². The monoisotopic (exact) mass is 202 g/mol. The standard InChI is InChI=1S/C13H14O2/c1-11-7-9-12(10-8-11)5-3-2-4-6-13(14)15/h7-10H,3,5-6H2,1H3,(H,14,15). The lowest BCUT2D eigenvalue weighted by Crippen LogP contribution is -1.90. The predicted molar refractivity (Wildman–Crippen MR) is 59.5 cm³/mol. The van der Waals surface area contributed by atoms with Crippen molar-refractivity contribution >= 4 is 5.97 Å². The largest absolute Gasteiger partial charge is 0.481 e. The van der Waals surface area contributed by atoms with Gasteiger partial charge in [0.05, 0.1) is 0 Å². The van der Waals surface area contributed by atoms with Gasteiger partial charge >= 0.3 is 5.97 Å². The topological polar surface area (TPSA) is 37.3 Å². The van der Waals surface area contributed by atoms with E-state index < -0.39 is 5.97 Å². The number of aliphatic carboxylic acids is 1. The summed E-state index contributed by atoms with van der Waals surface area (Å²) >= 11 is 0. The summed E-state index contributed by atoms with van der Waals surface area (Å²) in [6, 6.07) is 8.29. The average molecular weight is 202 g/mol. The number of carboxylic acids is 1. The number of rotatable bonds is 3. The third-order valence-corrected chi connectivity index (χ3v) is 2.02. The van der Waals surface area contributed by atoms with E-state index >= 15 is 0 Å². The molecule has 0 heterocycles. The summed E-state index contributed by atoms with van der Waals surface area (Å²) in [6.07, 6.45) is 1.54. The highest BCUT2D eigenvalue weighted by Crippen LogP contribution is 2.05. The highest BCUT2D eigenvalue weighted by Gasteiger charge is 1.91. The fourth-order valence-electron chi connectivity index (χ4n) is 1.19. The molecular weight excluding hydrogens is 188 g/mol. The van der Waals surface area contributed by atoms with E-state index in [0.29, 0.717) is 0 Å². The Kier molecular flexibility index (Phi) is 4.43. The maximum Gasteiger partial charge on any atom is 0.315 e. The van der Waals surface area contributed by atoms with E-state index in [1.165, 1.54) is 11.1 Å². The van der Waals surface area contributed by atoms with Crippen LogP contribution >= 0.6 is 0 Å². The Balaban J connectivity index is 2.33. The second-order valence-corrected chi connectivity index (χ2v) is 3.41. The molecule has 2 nitrogen and oxygen atoms in total. The molecule has 0 spiro atoms. The number of hydrogen-bond donors (Lipinski definition) is 1. The zero-order valence-corrected chi connectivity index (χ0v) is 8.79. The van der Waals surface area contributed by atoms with E-state index in [2.05, 4.69) is 43.0 Å². The minimum absolute atomic E-state index is 0.0616. The second kappa shape index (κ2) is 5.87. The molecule has 1 aromatic rings. The first-order valence-electron chi connectivity index (χ1n) is 4.91. The van der Waals surface area contributed by atoms with Crippen molar-refractivity contribution in [2.45, 2.75) is 26.2 Å². The van der Waals surface area contributed by atoms with Crippen LogP contribution in [0, 0.1) is 18.8 Å². The first-order valence-corrected chi connectivity index (χ1v) is 4.91. The van der Waals surface area contributed by atoms with Crippen LogP contribution in [0.15, 0.2) is 24.3 Å². The van der Waals surface area contributed by atoms with Gasteiger partial charge in [0, 0.05) is 6.42 Å². The van der Waals surface area contributed by atoms with Crippen molar-refractivity contribution in [1.82, 2.24) is 0 Å². The molecule has 0 aromatic heterocycles. The molecule has 0 aliphatic carbocycles. The molecule has 0 amide bonds. The maximum absolute atomic E-state index is 10.2. The van der Waals surface area contributed by atoms with Crippen molar-refractivity contribution in [3.05, 3.63) is 35.4 Å². The molecule has 0 saturated carbocycles. The summed E-state index contributed by atoms with van der Waals surface area (Å²) in [4.78, 5) is 10.2. The molecule has 15 heavy (non-hydrogen) atoms. The minimum Gasteiger partial charge on any atom is -0.481 e. The molecule has 0 aliphatic heterocycles. The van der Waals surface area contributed by atoms with Crippen molar-refractivity contribution in [2.24, 2.45) is 0 Å². The lowest BCUT2D eigenvalue weighted by Gasteiger charge is -1.97. The van der Waals surface area contributed by atoms with E-state index in [1.54, 1.807) is 0 Å². The summed E-state index contributed by atoms with van der Waals surface area (Å²) in [6.45, 7) is 2.05.